The smallest absolute Gasteiger partial charge is 0.211 e. The Kier molecular flexibility index (Phi) is 10.3. The molecule has 150 valence electrons. The lowest BCUT2D eigenvalue weighted by Gasteiger charge is -2.11. The predicted octanol–water partition coefficient (Wildman–Crippen LogP) is 1.96. The van der Waals surface area contributed by atoms with E-state index in [9.17, 15) is 8.42 Å². The summed E-state index contributed by atoms with van der Waals surface area (Å²) in [7, 11) is -3.13. The zero-order chi connectivity index (χ0) is 19.4. The van der Waals surface area contributed by atoms with Gasteiger partial charge in [0.2, 0.25) is 10.0 Å². The Morgan fingerprint density at radius 2 is 1.92 bits per heavy atom. The molecule has 0 radical (unpaired) electrons. The number of hydrogen-bond donors (Lipinski definition) is 3. The van der Waals surface area contributed by atoms with Crippen molar-refractivity contribution in [1.82, 2.24) is 20.5 Å². The second kappa shape index (κ2) is 11.9. The number of sulfonamides is 1. The minimum absolute atomic E-state index is 0.0978. The summed E-state index contributed by atoms with van der Waals surface area (Å²) in [5.41, 5.74) is 0.987. The van der Waals surface area contributed by atoms with E-state index in [1.54, 1.807) is 6.92 Å². The lowest BCUT2D eigenvalue weighted by molar-refractivity contribution is 0.372. The van der Waals surface area contributed by atoms with Crippen LogP contribution in [0.2, 0.25) is 0 Å². The van der Waals surface area contributed by atoms with E-state index in [-0.39, 0.29) is 5.75 Å². The molecule has 0 aliphatic heterocycles. The number of nitrogens with zero attached hydrogens (tertiary/aromatic N) is 2. The van der Waals surface area contributed by atoms with Crippen molar-refractivity contribution in [2.24, 2.45) is 4.99 Å². The van der Waals surface area contributed by atoms with Crippen LogP contribution in [0.3, 0.4) is 0 Å². The molecule has 9 heteroatoms. The highest BCUT2D eigenvalue weighted by atomic mass is 32.2. The highest BCUT2D eigenvalue weighted by Gasteiger charge is 2.12. The molecule has 0 unspecified atom stereocenters. The maximum Gasteiger partial charge on any atom is 0.211 e. The van der Waals surface area contributed by atoms with Crippen LogP contribution in [-0.2, 0) is 16.6 Å². The summed E-state index contributed by atoms with van der Waals surface area (Å²) in [5.74, 6) is 1.93. The Hall–Kier alpha value is -1.61. The second-order valence-electron chi connectivity index (χ2n) is 6.00. The number of nitrogens with one attached hydrogen (secondary N) is 3. The van der Waals surface area contributed by atoms with Gasteiger partial charge in [0.25, 0.3) is 0 Å². The fourth-order valence-corrected chi connectivity index (χ4v) is 3.09. The molecule has 0 aromatic carbocycles. The first-order valence-corrected chi connectivity index (χ1v) is 11.1. The molecule has 0 amide bonds. The average Bonchev–Trinajstić information content (AvgIpc) is 3.09. The molecule has 0 saturated carbocycles. The van der Waals surface area contributed by atoms with Crippen LogP contribution >= 0.6 is 0 Å². The third-order valence-corrected chi connectivity index (χ3v) is 5.47. The van der Waals surface area contributed by atoms with Crippen LogP contribution in [0.25, 0.3) is 0 Å². The zero-order valence-corrected chi connectivity index (χ0v) is 17.2. The molecule has 0 aliphatic rings. The monoisotopic (exact) mass is 387 g/mol. The Balaban J connectivity index is 2.48. The summed E-state index contributed by atoms with van der Waals surface area (Å²) in [6, 6.07) is 1.98. The summed E-state index contributed by atoms with van der Waals surface area (Å²) in [5, 5.41) is 10.5. The van der Waals surface area contributed by atoms with Crippen LogP contribution in [0.15, 0.2) is 15.6 Å². The maximum atomic E-state index is 11.4. The van der Waals surface area contributed by atoms with E-state index in [2.05, 4.69) is 39.4 Å². The molecule has 0 atom stereocenters. The molecule has 3 N–H and O–H groups in total. The second-order valence-corrected chi connectivity index (χ2v) is 8.10. The van der Waals surface area contributed by atoms with Gasteiger partial charge in [0.15, 0.2) is 11.7 Å². The number of hydrogen-bond acceptors (Lipinski definition) is 5. The van der Waals surface area contributed by atoms with Crippen molar-refractivity contribution >= 4 is 16.0 Å². The molecular formula is C17H33N5O3S. The van der Waals surface area contributed by atoms with Gasteiger partial charge in [0, 0.05) is 31.6 Å². The van der Waals surface area contributed by atoms with Crippen LogP contribution in [0, 0.1) is 0 Å². The van der Waals surface area contributed by atoms with Gasteiger partial charge in [0.1, 0.15) is 6.54 Å². The third-order valence-electron chi connectivity index (χ3n) is 4.07. The van der Waals surface area contributed by atoms with E-state index in [1.165, 1.54) is 0 Å². The van der Waals surface area contributed by atoms with Crippen molar-refractivity contribution in [1.29, 1.82) is 0 Å². The summed E-state index contributed by atoms with van der Waals surface area (Å²) in [4.78, 5) is 4.49. The highest BCUT2D eigenvalue weighted by Crippen LogP contribution is 2.22. The molecule has 0 saturated heterocycles. The van der Waals surface area contributed by atoms with Crippen LogP contribution in [0.5, 0.6) is 0 Å². The van der Waals surface area contributed by atoms with Crippen LogP contribution in [0.4, 0.5) is 0 Å². The van der Waals surface area contributed by atoms with E-state index >= 15 is 0 Å². The highest BCUT2D eigenvalue weighted by molar-refractivity contribution is 7.89. The van der Waals surface area contributed by atoms with Crippen molar-refractivity contribution in [3.8, 4) is 0 Å². The molecule has 0 aliphatic carbocycles. The van der Waals surface area contributed by atoms with Gasteiger partial charge in [0.05, 0.1) is 11.4 Å². The third kappa shape index (κ3) is 8.18. The molecule has 0 spiro atoms. The quantitative estimate of drug-likeness (QED) is 0.287. The van der Waals surface area contributed by atoms with E-state index in [1.807, 2.05) is 13.0 Å². The minimum atomic E-state index is -3.13. The summed E-state index contributed by atoms with van der Waals surface area (Å²) >= 11 is 0. The molecule has 1 heterocycles. The Labute approximate surface area is 157 Å². The fraction of sp³-hybridized carbons (Fsp3) is 0.765. The summed E-state index contributed by atoms with van der Waals surface area (Å²) < 4.78 is 30.7. The van der Waals surface area contributed by atoms with Crippen LogP contribution < -0.4 is 15.4 Å². The molecule has 0 fully saturated rings. The van der Waals surface area contributed by atoms with Crippen molar-refractivity contribution < 1.29 is 12.9 Å². The molecule has 1 aromatic heterocycles. The van der Waals surface area contributed by atoms with Crippen molar-refractivity contribution in [2.75, 3.05) is 25.4 Å². The molecule has 1 aromatic rings. The van der Waals surface area contributed by atoms with Crippen molar-refractivity contribution in [3.05, 3.63) is 17.5 Å². The van der Waals surface area contributed by atoms with E-state index in [4.69, 9.17) is 4.52 Å². The number of rotatable bonds is 12. The molecule has 8 nitrogen and oxygen atoms in total. The topological polar surface area (TPSA) is 109 Å². The van der Waals surface area contributed by atoms with Gasteiger partial charge in [-0.3, -0.25) is 0 Å². The standard InChI is InChI=1S/C17H33N5O3S/c1-5-14(6-2)16-12-15(25-22-16)13-20-17(18-7-3)19-10-9-11-21-26(23,24)8-4/h12,14,21H,5-11,13H2,1-4H3,(H2,18,19,20). The Morgan fingerprint density at radius 1 is 1.19 bits per heavy atom. The van der Waals surface area contributed by atoms with Gasteiger partial charge in [-0.05, 0) is 33.1 Å². The zero-order valence-electron chi connectivity index (χ0n) is 16.3. The van der Waals surface area contributed by atoms with Gasteiger partial charge >= 0.3 is 0 Å². The first-order chi connectivity index (χ1) is 12.5. The van der Waals surface area contributed by atoms with E-state index in [0.717, 1.165) is 30.8 Å². The van der Waals surface area contributed by atoms with Gasteiger partial charge in [-0.2, -0.15) is 0 Å². The van der Waals surface area contributed by atoms with Gasteiger partial charge in [-0.1, -0.05) is 19.0 Å². The minimum Gasteiger partial charge on any atom is -0.359 e. The number of aromatic nitrogens is 1. The SMILES string of the molecule is CCNC(=NCc1cc(C(CC)CC)no1)NCCCNS(=O)(=O)CC. The predicted molar refractivity (Wildman–Crippen MR) is 105 cm³/mol. The Bertz CT molecular complexity index is 639. The normalized spacial score (nSPS) is 12.6. The first kappa shape index (κ1) is 22.4. The summed E-state index contributed by atoms with van der Waals surface area (Å²) in [6.07, 6.45) is 2.75. The molecule has 0 bridgehead atoms. The lowest BCUT2D eigenvalue weighted by Crippen LogP contribution is -2.38. The van der Waals surface area contributed by atoms with Crippen LogP contribution in [-0.4, -0.2) is 44.9 Å². The fourth-order valence-electron chi connectivity index (χ4n) is 2.43. The van der Waals surface area contributed by atoms with Gasteiger partial charge < -0.3 is 15.2 Å². The molecule has 1 rings (SSSR count). The number of guanidine groups is 1. The largest absolute Gasteiger partial charge is 0.359 e. The van der Waals surface area contributed by atoms with E-state index in [0.29, 0.717) is 37.9 Å². The van der Waals surface area contributed by atoms with E-state index < -0.39 is 10.0 Å². The molecular weight excluding hydrogens is 354 g/mol. The number of aliphatic imine (C=N–C) groups is 1. The van der Waals surface area contributed by atoms with Crippen LogP contribution in [0.1, 0.15) is 64.3 Å². The Morgan fingerprint density at radius 3 is 2.54 bits per heavy atom. The van der Waals surface area contributed by atoms with Crippen molar-refractivity contribution in [3.63, 3.8) is 0 Å². The molecule has 26 heavy (non-hydrogen) atoms. The van der Waals surface area contributed by atoms with Crippen molar-refractivity contribution in [2.45, 2.75) is 59.4 Å². The summed E-state index contributed by atoms with van der Waals surface area (Å²) in [6.45, 7) is 10.1. The van der Waals surface area contributed by atoms with Gasteiger partial charge in [-0.25, -0.2) is 18.1 Å². The first-order valence-electron chi connectivity index (χ1n) is 9.40. The lowest BCUT2D eigenvalue weighted by atomic mass is 9.99. The maximum absolute atomic E-state index is 11.4. The van der Waals surface area contributed by atoms with Gasteiger partial charge in [-0.15, -0.1) is 0 Å². The average molecular weight is 388 g/mol.